The first-order valence-corrected chi connectivity index (χ1v) is 4.65. The summed E-state index contributed by atoms with van der Waals surface area (Å²) < 4.78 is 2.44. The molecule has 1 heterocycles. The van der Waals surface area contributed by atoms with E-state index in [1.165, 1.54) is 6.07 Å². The van der Waals surface area contributed by atoms with E-state index in [2.05, 4.69) is 22.5 Å². The third kappa shape index (κ3) is 2.82. The largest absolute Gasteiger partial charge is 0.327 e. The van der Waals surface area contributed by atoms with E-state index in [4.69, 9.17) is 5.73 Å². The molecule has 0 atom stereocenters. The Morgan fingerprint density at radius 3 is 2.92 bits per heavy atom. The van der Waals surface area contributed by atoms with Crippen LogP contribution in [0.5, 0.6) is 0 Å². The van der Waals surface area contributed by atoms with E-state index in [0.29, 0.717) is 13.1 Å². The quantitative estimate of drug-likeness (QED) is 0.809. The topological polar surface area (TPSA) is 48.0 Å². The maximum absolute atomic E-state index is 11.3. The zero-order valence-electron chi connectivity index (χ0n) is 7.16. The van der Waals surface area contributed by atoms with Crippen LogP contribution in [0, 0.1) is 0 Å². The average Bonchev–Trinajstić information content (AvgIpc) is 2.11. The number of aromatic nitrogens is 1. The standard InChI is InChI=1S/C9H11BrN2O/c1-7(4-11)5-12-6-8(10)2-3-9(12)13/h2-3,6H,1,4-5,11H2. The van der Waals surface area contributed by atoms with Crippen LogP contribution in [0.15, 0.2) is 39.7 Å². The highest BCUT2D eigenvalue weighted by Crippen LogP contribution is 2.05. The van der Waals surface area contributed by atoms with Gasteiger partial charge < -0.3 is 10.3 Å². The van der Waals surface area contributed by atoms with E-state index in [1.807, 2.05) is 0 Å². The summed E-state index contributed by atoms with van der Waals surface area (Å²) in [7, 11) is 0. The zero-order valence-corrected chi connectivity index (χ0v) is 8.75. The fourth-order valence-electron chi connectivity index (χ4n) is 0.931. The summed E-state index contributed by atoms with van der Waals surface area (Å²) in [6, 6.07) is 3.22. The molecule has 70 valence electrons. The summed E-state index contributed by atoms with van der Waals surface area (Å²) in [5.74, 6) is 0. The monoisotopic (exact) mass is 242 g/mol. The van der Waals surface area contributed by atoms with Crippen molar-refractivity contribution in [2.45, 2.75) is 6.54 Å². The van der Waals surface area contributed by atoms with Gasteiger partial charge in [0, 0.05) is 29.8 Å². The Balaban J connectivity index is 2.94. The molecule has 0 fully saturated rings. The van der Waals surface area contributed by atoms with Crippen molar-refractivity contribution in [1.82, 2.24) is 4.57 Å². The van der Waals surface area contributed by atoms with Gasteiger partial charge in [0.1, 0.15) is 0 Å². The lowest BCUT2D eigenvalue weighted by Gasteiger charge is -2.06. The molecule has 0 saturated carbocycles. The van der Waals surface area contributed by atoms with Crippen molar-refractivity contribution < 1.29 is 0 Å². The van der Waals surface area contributed by atoms with Crippen molar-refractivity contribution in [2.24, 2.45) is 5.73 Å². The van der Waals surface area contributed by atoms with Crippen molar-refractivity contribution >= 4 is 15.9 Å². The predicted molar refractivity (Wildman–Crippen MR) is 56.6 cm³/mol. The Labute approximate surface area is 85.0 Å². The lowest BCUT2D eigenvalue weighted by molar-refractivity contribution is 0.733. The van der Waals surface area contributed by atoms with E-state index in [0.717, 1.165) is 10.0 Å². The predicted octanol–water partition coefficient (Wildman–Crippen LogP) is 1.13. The third-order valence-electron chi connectivity index (χ3n) is 1.63. The molecule has 0 saturated heterocycles. The SMILES string of the molecule is C=C(CN)Cn1cc(Br)ccc1=O. The van der Waals surface area contributed by atoms with Gasteiger partial charge in [-0.1, -0.05) is 6.58 Å². The minimum atomic E-state index is -0.0437. The van der Waals surface area contributed by atoms with Crippen LogP contribution in [0.4, 0.5) is 0 Å². The van der Waals surface area contributed by atoms with E-state index in [9.17, 15) is 4.79 Å². The van der Waals surface area contributed by atoms with Gasteiger partial charge in [-0.2, -0.15) is 0 Å². The van der Waals surface area contributed by atoms with Gasteiger partial charge in [-0.25, -0.2) is 0 Å². The molecule has 0 unspecified atom stereocenters. The first-order valence-electron chi connectivity index (χ1n) is 3.86. The van der Waals surface area contributed by atoms with Crippen molar-refractivity contribution in [3.63, 3.8) is 0 Å². The number of pyridine rings is 1. The van der Waals surface area contributed by atoms with Crippen LogP contribution in [-0.4, -0.2) is 11.1 Å². The Morgan fingerprint density at radius 1 is 1.62 bits per heavy atom. The number of hydrogen-bond acceptors (Lipinski definition) is 2. The van der Waals surface area contributed by atoms with Crippen molar-refractivity contribution in [1.29, 1.82) is 0 Å². The summed E-state index contributed by atoms with van der Waals surface area (Å²) in [6.45, 7) is 4.62. The average molecular weight is 243 g/mol. The minimum Gasteiger partial charge on any atom is -0.327 e. The van der Waals surface area contributed by atoms with Gasteiger partial charge in [0.15, 0.2) is 0 Å². The van der Waals surface area contributed by atoms with Crippen LogP contribution in [0.2, 0.25) is 0 Å². The molecular formula is C9H11BrN2O. The van der Waals surface area contributed by atoms with E-state index in [1.54, 1.807) is 16.8 Å². The summed E-state index contributed by atoms with van der Waals surface area (Å²) in [5.41, 5.74) is 6.17. The van der Waals surface area contributed by atoms with Gasteiger partial charge >= 0.3 is 0 Å². The van der Waals surface area contributed by atoms with Gasteiger partial charge in [-0.05, 0) is 27.6 Å². The smallest absolute Gasteiger partial charge is 0.250 e. The second-order valence-corrected chi connectivity index (χ2v) is 3.68. The van der Waals surface area contributed by atoms with Gasteiger partial charge in [-0.3, -0.25) is 4.79 Å². The molecule has 13 heavy (non-hydrogen) atoms. The van der Waals surface area contributed by atoms with Gasteiger partial charge in [0.2, 0.25) is 0 Å². The fraction of sp³-hybridized carbons (Fsp3) is 0.222. The van der Waals surface area contributed by atoms with Gasteiger partial charge in [-0.15, -0.1) is 0 Å². The molecule has 0 aromatic carbocycles. The number of nitrogens with zero attached hydrogens (tertiary/aromatic N) is 1. The second-order valence-electron chi connectivity index (χ2n) is 2.77. The molecule has 0 bridgehead atoms. The van der Waals surface area contributed by atoms with E-state index < -0.39 is 0 Å². The first-order chi connectivity index (χ1) is 6.13. The second kappa shape index (κ2) is 4.39. The highest BCUT2D eigenvalue weighted by Gasteiger charge is 1.97. The lowest BCUT2D eigenvalue weighted by atomic mass is 10.3. The highest BCUT2D eigenvalue weighted by atomic mass is 79.9. The van der Waals surface area contributed by atoms with E-state index in [-0.39, 0.29) is 5.56 Å². The van der Waals surface area contributed by atoms with Crippen LogP contribution < -0.4 is 11.3 Å². The number of rotatable bonds is 3. The third-order valence-corrected chi connectivity index (χ3v) is 2.10. The summed E-state index contributed by atoms with van der Waals surface area (Å²) >= 11 is 3.29. The van der Waals surface area contributed by atoms with Gasteiger partial charge in [0.05, 0.1) is 0 Å². The normalized spacial score (nSPS) is 10.0. The Morgan fingerprint density at radius 2 is 2.31 bits per heavy atom. The van der Waals surface area contributed by atoms with Crippen LogP contribution in [0.25, 0.3) is 0 Å². The fourth-order valence-corrected chi connectivity index (χ4v) is 1.31. The lowest BCUT2D eigenvalue weighted by Crippen LogP contribution is -2.21. The molecule has 0 aliphatic carbocycles. The molecule has 2 N–H and O–H groups in total. The van der Waals surface area contributed by atoms with Crippen molar-refractivity contribution in [3.8, 4) is 0 Å². The van der Waals surface area contributed by atoms with E-state index >= 15 is 0 Å². The number of halogens is 1. The van der Waals surface area contributed by atoms with Crippen molar-refractivity contribution in [2.75, 3.05) is 6.54 Å². The molecule has 3 nitrogen and oxygen atoms in total. The Hall–Kier alpha value is -0.870. The molecule has 0 aliphatic heterocycles. The van der Waals surface area contributed by atoms with Crippen LogP contribution >= 0.6 is 15.9 Å². The molecule has 0 radical (unpaired) electrons. The van der Waals surface area contributed by atoms with Crippen molar-refractivity contribution in [3.05, 3.63) is 45.3 Å². The van der Waals surface area contributed by atoms with Crippen LogP contribution in [0.3, 0.4) is 0 Å². The molecule has 0 amide bonds. The highest BCUT2D eigenvalue weighted by molar-refractivity contribution is 9.10. The first kappa shape index (κ1) is 10.2. The Bertz CT molecular complexity index is 370. The Kier molecular flexibility index (Phi) is 3.45. The molecule has 1 aromatic rings. The van der Waals surface area contributed by atoms with Crippen LogP contribution in [-0.2, 0) is 6.54 Å². The maximum Gasteiger partial charge on any atom is 0.250 e. The van der Waals surface area contributed by atoms with Crippen LogP contribution in [0.1, 0.15) is 0 Å². The number of hydrogen-bond donors (Lipinski definition) is 1. The zero-order chi connectivity index (χ0) is 9.84. The van der Waals surface area contributed by atoms with Gasteiger partial charge in [0.25, 0.3) is 5.56 Å². The molecule has 1 aromatic heterocycles. The molecule has 4 heteroatoms. The minimum absolute atomic E-state index is 0.0437. The number of nitrogens with two attached hydrogens (primary N) is 1. The summed E-state index contributed by atoms with van der Waals surface area (Å²) in [4.78, 5) is 11.3. The molecule has 0 spiro atoms. The summed E-state index contributed by atoms with van der Waals surface area (Å²) in [5, 5.41) is 0. The molecule has 0 aliphatic rings. The maximum atomic E-state index is 11.3. The summed E-state index contributed by atoms with van der Waals surface area (Å²) in [6.07, 6.45) is 1.73. The molecule has 1 rings (SSSR count). The molecular weight excluding hydrogens is 232 g/mol.